The van der Waals surface area contributed by atoms with Crippen LogP contribution in [0.3, 0.4) is 0 Å². The zero-order valence-corrected chi connectivity index (χ0v) is 8.21. The molecule has 3 atom stereocenters. The molecule has 0 bridgehead atoms. The molecule has 0 aliphatic heterocycles. The second-order valence-corrected chi connectivity index (χ2v) is 4.20. The minimum Gasteiger partial charge on any atom is -0.396 e. The van der Waals surface area contributed by atoms with Crippen LogP contribution in [0.15, 0.2) is 0 Å². The van der Waals surface area contributed by atoms with Crippen LogP contribution in [0.25, 0.3) is 0 Å². The highest BCUT2D eigenvalue weighted by Gasteiger charge is 2.21. The standard InChI is InChI=1S/C10H21NO/c1-8-3-4-10(7-8)11-9(2)5-6-12/h8-12H,3-7H2,1-2H3. The van der Waals surface area contributed by atoms with E-state index in [4.69, 9.17) is 5.11 Å². The molecule has 12 heavy (non-hydrogen) atoms. The van der Waals surface area contributed by atoms with Gasteiger partial charge in [-0.25, -0.2) is 0 Å². The summed E-state index contributed by atoms with van der Waals surface area (Å²) in [6.45, 7) is 4.77. The van der Waals surface area contributed by atoms with E-state index in [9.17, 15) is 0 Å². The van der Waals surface area contributed by atoms with Crippen molar-refractivity contribution in [2.75, 3.05) is 6.61 Å². The van der Waals surface area contributed by atoms with Gasteiger partial charge in [-0.1, -0.05) is 6.92 Å². The first-order valence-electron chi connectivity index (χ1n) is 5.09. The molecule has 0 aromatic rings. The van der Waals surface area contributed by atoms with Crippen molar-refractivity contribution < 1.29 is 5.11 Å². The summed E-state index contributed by atoms with van der Waals surface area (Å²) in [6.07, 6.45) is 4.88. The Kier molecular flexibility index (Phi) is 4.02. The molecule has 0 amide bonds. The number of nitrogens with one attached hydrogen (secondary N) is 1. The van der Waals surface area contributed by atoms with Gasteiger partial charge in [0.25, 0.3) is 0 Å². The smallest absolute Gasteiger partial charge is 0.0445 e. The summed E-state index contributed by atoms with van der Waals surface area (Å²) in [5, 5.41) is 12.3. The lowest BCUT2D eigenvalue weighted by atomic mass is 10.1. The van der Waals surface area contributed by atoms with Crippen LogP contribution >= 0.6 is 0 Å². The summed E-state index contributed by atoms with van der Waals surface area (Å²) < 4.78 is 0. The maximum absolute atomic E-state index is 8.72. The number of hydrogen-bond acceptors (Lipinski definition) is 2. The molecule has 72 valence electrons. The lowest BCUT2D eigenvalue weighted by Gasteiger charge is -2.18. The van der Waals surface area contributed by atoms with Gasteiger partial charge in [0.15, 0.2) is 0 Å². The molecule has 0 spiro atoms. The molecule has 0 radical (unpaired) electrons. The van der Waals surface area contributed by atoms with Gasteiger partial charge in [-0.15, -0.1) is 0 Å². The maximum atomic E-state index is 8.72. The zero-order chi connectivity index (χ0) is 8.97. The maximum Gasteiger partial charge on any atom is 0.0445 e. The minimum absolute atomic E-state index is 0.302. The number of hydrogen-bond donors (Lipinski definition) is 2. The van der Waals surface area contributed by atoms with Crippen molar-refractivity contribution in [1.82, 2.24) is 5.32 Å². The average molecular weight is 171 g/mol. The molecule has 2 nitrogen and oxygen atoms in total. The van der Waals surface area contributed by atoms with E-state index in [1.54, 1.807) is 0 Å². The molecule has 1 aliphatic rings. The van der Waals surface area contributed by atoms with Crippen LogP contribution in [0.5, 0.6) is 0 Å². The molecule has 1 saturated carbocycles. The van der Waals surface area contributed by atoms with Gasteiger partial charge in [0.2, 0.25) is 0 Å². The highest BCUT2D eigenvalue weighted by atomic mass is 16.3. The third-order valence-corrected chi connectivity index (χ3v) is 2.78. The van der Waals surface area contributed by atoms with Gasteiger partial charge in [-0.2, -0.15) is 0 Å². The Morgan fingerprint density at radius 1 is 1.50 bits per heavy atom. The molecule has 3 unspecified atom stereocenters. The van der Waals surface area contributed by atoms with Gasteiger partial charge in [0.1, 0.15) is 0 Å². The normalized spacial score (nSPS) is 32.2. The Morgan fingerprint density at radius 3 is 2.75 bits per heavy atom. The first kappa shape index (κ1) is 10.0. The van der Waals surface area contributed by atoms with Crippen molar-refractivity contribution in [3.05, 3.63) is 0 Å². The van der Waals surface area contributed by atoms with E-state index in [0.29, 0.717) is 18.7 Å². The van der Waals surface area contributed by atoms with Crippen molar-refractivity contribution >= 4 is 0 Å². The molecule has 2 N–H and O–H groups in total. The average Bonchev–Trinajstić information content (AvgIpc) is 2.36. The molecular formula is C10H21NO. The van der Waals surface area contributed by atoms with Crippen LogP contribution in [0, 0.1) is 5.92 Å². The summed E-state index contributed by atoms with van der Waals surface area (Å²) in [7, 11) is 0. The molecular weight excluding hydrogens is 150 g/mol. The molecule has 1 fully saturated rings. The monoisotopic (exact) mass is 171 g/mol. The van der Waals surface area contributed by atoms with E-state index in [0.717, 1.165) is 12.3 Å². The summed E-state index contributed by atoms with van der Waals surface area (Å²) in [5.41, 5.74) is 0. The van der Waals surface area contributed by atoms with E-state index in [1.807, 2.05) is 0 Å². The molecule has 0 saturated heterocycles. The van der Waals surface area contributed by atoms with Crippen LogP contribution < -0.4 is 5.32 Å². The summed E-state index contributed by atoms with van der Waals surface area (Å²) in [5.74, 6) is 0.892. The van der Waals surface area contributed by atoms with Crippen LogP contribution in [-0.4, -0.2) is 23.8 Å². The van der Waals surface area contributed by atoms with Crippen LogP contribution in [0.4, 0.5) is 0 Å². The van der Waals surface area contributed by atoms with E-state index in [-0.39, 0.29) is 0 Å². The van der Waals surface area contributed by atoms with E-state index < -0.39 is 0 Å². The Bertz CT molecular complexity index is 127. The number of aliphatic hydroxyl groups excluding tert-OH is 1. The van der Waals surface area contributed by atoms with Gasteiger partial charge < -0.3 is 10.4 Å². The van der Waals surface area contributed by atoms with Crippen molar-refractivity contribution in [2.24, 2.45) is 5.92 Å². The molecule has 0 aromatic carbocycles. The Hall–Kier alpha value is -0.0800. The first-order valence-corrected chi connectivity index (χ1v) is 5.09. The topological polar surface area (TPSA) is 32.3 Å². The van der Waals surface area contributed by atoms with Gasteiger partial charge in [-0.3, -0.25) is 0 Å². The number of rotatable bonds is 4. The van der Waals surface area contributed by atoms with E-state index in [2.05, 4.69) is 19.2 Å². The predicted octanol–water partition coefficient (Wildman–Crippen LogP) is 1.54. The van der Waals surface area contributed by atoms with Gasteiger partial charge in [0, 0.05) is 18.7 Å². The zero-order valence-electron chi connectivity index (χ0n) is 8.21. The Balaban J connectivity index is 2.14. The lowest BCUT2D eigenvalue weighted by molar-refractivity contribution is 0.262. The van der Waals surface area contributed by atoms with Crippen LogP contribution in [0.1, 0.15) is 39.5 Å². The molecule has 1 rings (SSSR count). The summed E-state index contributed by atoms with van der Waals surface area (Å²) >= 11 is 0. The third-order valence-electron chi connectivity index (χ3n) is 2.78. The molecule has 0 aromatic heterocycles. The second kappa shape index (κ2) is 4.83. The Labute approximate surface area is 75.4 Å². The quantitative estimate of drug-likeness (QED) is 0.672. The minimum atomic E-state index is 0.302. The fraction of sp³-hybridized carbons (Fsp3) is 1.00. The number of aliphatic hydroxyl groups is 1. The van der Waals surface area contributed by atoms with E-state index >= 15 is 0 Å². The predicted molar refractivity (Wildman–Crippen MR) is 51.1 cm³/mol. The second-order valence-electron chi connectivity index (χ2n) is 4.20. The Morgan fingerprint density at radius 2 is 2.25 bits per heavy atom. The SMILES string of the molecule is CC1CCC(NC(C)CCO)C1. The summed E-state index contributed by atoms with van der Waals surface area (Å²) in [6, 6.07) is 1.19. The van der Waals surface area contributed by atoms with Crippen LogP contribution in [-0.2, 0) is 0 Å². The lowest BCUT2D eigenvalue weighted by Crippen LogP contribution is -2.35. The van der Waals surface area contributed by atoms with Gasteiger partial charge in [-0.05, 0) is 38.5 Å². The van der Waals surface area contributed by atoms with Crippen molar-refractivity contribution in [2.45, 2.75) is 51.6 Å². The molecule has 1 aliphatic carbocycles. The largest absolute Gasteiger partial charge is 0.396 e. The van der Waals surface area contributed by atoms with Gasteiger partial charge in [0.05, 0.1) is 0 Å². The fourth-order valence-corrected chi connectivity index (χ4v) is 2.04. The summed E-state index contributed by atoms with van der Waals surface area (Å²) in [4.78, 5) is 0. The highest BCUT2D eigenvalue weighted by Crippen LogP contribution is 2.24. The van der Waals surface area contributed by atoms with Gasteiger partial charge >= 0.3 is 0 Å². The van der Waals surface area contributed by atoms with Crippen molar-refractivity contribution in [3.8, 4) is 0 Å². The van der Waals surface area contributed by atoms with E-state index in [1.165, 1.54) is 19.3 Å². The first-order chi connectivity index (χ1) is 5.72. The molecule has 0 heterocycles. The fourth-order valence-electron chi connectivity index (χ4n) is 2.04. The van der Waals surface area contributed by atoms with Crippen LogP contribution in [0.2, 0.25) is 0 Å². The highest BCUT2D eigenvalue weighted by molar-refractivity contribution is 4.80. The molecule has 2 heteroatoms. The van der Waals surface area contributed by atoms with Crippen molar-refractivity contribution in [3.63, 3.8) is 0 Å². The van der Waals surface area contributed by atoms with Crippen molar-refractivity contribution in [1.29, 1.82) is 0 Å². The third kappa shape index (κ3) is 3.11.